The number of hydrogen-bond donors (Lipinski definition) is 2. The summed E-state index contributed by atoms with van der Waals surface area (Å²) < 4.78 is 12.4. The summed E-state index contributed by atoms with van der Waals surface area (Å²) in [5.41, 5.74) is 4.34. The highest BCUT2D eigenvalue weighted by Crippen LogP contribution is 2.63. The molecule has 3 atom stereocenters. The fourth-order valence-electron chi connectivity index (χ4n) is 4.97. The number of imidazole rings is 1. The van der Waals surface area contributed by atoms with E-state index in [1.165, 1.54) is 0 Å². The summed E-state index contributed by atoms with van der Waals surface area (Å²) in [6, 6.07) is 15.3. The first-order chi connectivity index (χ1) is 16.2. The summed E-state index contributed by atoms with van der Waals surface area (Å²) in [6.07, 6.45) is 2.72. The van der Waals surface area contributed by atoms with E-state index >= 15 is 0 Å². The maximum Gasteiger partial charge on any atom is 0.225 e. The van der Waals surface area contributed by atoms with Crippen LogP contribution >= 0.6 is 0 Å². The molecule has 8 nitrogen and oxygen atoms in total. The Balaban J connectivity index is 1.17. The van der Waals surface area contributed by atoms with Crippen LogP contribution in [0.5, 0.6) is 17.2 Å². The number of aromatic amines is 1. The van der Waals surface area contributed by atoms with E-state index in [9.17, 15) is 4.79 Å². The van der Waals surface area contributed by atoms with Crippen LogP contribution in [0.2, 0.25) is 0 Å². The molecule has 33 heavy (non-hydrogen) atoms. The minimum Gasteiger partial charge on any atom is -0.489 e. The maximum atomic E-state index is 11.7. The van der Waals surface area contributed by atoms with E-state index in [4.69, 9.17) is 19.7 Å². The van der Waals surface area contributed by atoms with E-state index in [2.05, 4.69) is 21.4 Å². The number of nitrogens with zero attached hydrogens (tertiary/aromatic N) is 3. The van der Waals surface area contributed by atoms with Crippen molar-refractivity contribution in [1.82, 2.24) is 15.0 Å². The van der Waals surface area contributed by atoms with Crippen molar-refractivity contribution in [2.45, 2.75) is 30.8 Å². The van der Waals surface area contributed by atoms with Gasteiger partial charge in [0.15, 0.2) is 0 Å². The molecule has 8 heteroatoms. The number of ether oxygens (including phenoxy) is 2. The van der Waals surface area contributed by atoms with Crippen molar-refractivity contribution in [2.75, 3.05) is 5.32 Å². The Morgan fingerprint density at radius 3 is 2.97 bits per heavy atom. The number of H-pyrrole nitrogens is 1. The zero-order chi connectivity index (χ0) is 22.1. The fourth-order valence-corrected chi connectivity index (χ4v) is 4.97. The predicted molar refractivity (Wildman–Crippen MR) is 118 cm³/mol. The normalized spacial score (nSPS) is 21.9. The number of carbonyl (C=O) groups excluding carboxylic acids is 1. The lowest BCUT2D eigenvalue weighted by Crippen LogP contribution is -2.20. The number of nitriles is 1. The summed E-state index contributed by atoms with van der Waals surface area (Å²) in [5, 5.41) is 11.9. The van der Waals surface area contributed by atoms with Crippen LogP contribution in [0.25, 0.3) is 11.0 Å². The van der Waals surface area contributed by atoms with Gasteiger partial charge in [0.1, 0.15) is 35.0 Å². The van der Waals surface area contributed by atoms with Gasteiger partial charge in [0.25, 0.3) is 0 Å². The van der Waals surface area contributed by atoms with Gasteiger partial charge >= 0.3 is 0 Å². The minimum absolute atomic E-state index is 0.0259. The number of hydrogen-bond acceptors (Lipinski definition) is 6. The Morgan fingerprint density at radius 2 is 2.06 bits per heavy atom. The Labute approximate surface area is 188 Å². The molecular weight excluding hydrogens is 418 g/mol. The van der Waals surface area contributed by atoms with Crippen molar-refractivity contribution >= 4 is 22.8 Å². The van der Waals surface area contributed by atoms with Gasteiger partial charge in [0, 0.05) is 29.7 Å². The highest BCUT2D eigenvalue weighted by atomic mass is 16.5. The maximum absolute atomic E-state index is 11.7. The molecule has 2 aromatic carbocycles. The highest BCUT2D eigenvalue weighted by molar-refractivity contribution is 5.93. The molecule has 0 saturated heterocycles. The fraction of sp³-hybridized carbons (Fsp3) is 0.200. The van der Waals surface area contributed by atoms with Crippen LogP contribution < -0.4 is 14.8 Å². The SMILES string of the molecule is N#Cc1ccc2nc(C3C4Oc5ccc(Oc6ccnc7c6CCC(=O)N7)cc5C43)[nH]c2c1. The smallest absolute Gasteiger partial charge is 0.225 e. The first-order valence-corrected chi connectivity index (χ1v) is 10.8. The molecule has 4 heterocycles. The molecule has 1 saturated carbocycles. The Hall–Kier alpha value is -4.38. The van der Waals surface area contributed by atoms with E-state index in [0.717, 1.165) is 39.5 Å². The second-order valence-corrected chi connectivity index (χ2v) is 8.59. The second kappa shape index (κ2) is 6.56. The predicted octanol–water partition coefficient (Wildman–Crippen LogP) is 4.15. The molecule has 0 bridgehead atoms. The number of fused-ring (bicyclic) bond motifs is 5. The third-order valence-electron chi connectivity index (χ3n) is 6.60. The molecule has 7 rings (SSSR count). The summed E-state index contributed by atoms with van der Waals surface area (Å²) >= 11 is 0. The second-order valence-electron chi connectivity index (χ2n) is 8.59. The Morgan fingerprint density at radius 1 is 1.12 bits per heavy atom. The third-order valence-corrected chi connectivity index (χ3v) is 6.60. The molecular formula is C25H17N5O3. The van der Waals surface area contributed by atoms with E-state index < -0.39 is 0 Å². The van der Waals surface area contributed by atoms with Gasteiger partial charge in [-0.15, -0.1) is 0 Å². The van der Waals surface area contributed by atoms with Crippen LogP contribution in [-0.2, 0) is 11.2 Å². The highest BCUT2D eigenvalue weighted by Gasteiger charge is 2.61. The number of benzene rings is 2. The standard InChI is InChI=1S/C25H17N5O3/c26-11-12-1-4-16-17(9-12)29-25(28-16)22-21-15-10-13(2-5-18(15)33-23(21)22)32-19-7-8-27-24-14(19)3-6-20(31)30-24/h1-2,4-5,7-10,21-23H,3,6H2,(H,28,29)(H,27,30,31). The average Bonchev–Trinajstić information content (AvgIpc) is 3.18. The van der Waals surface area contributed by atoms with E-state index in [1.54, 1.807) is 12.3 Å². The number of pyridine rings is 1. The molecule has 2 N–H and O–H groups in total. The zero-order valence-corrected chi connectivity index (χ0v) is 17.3. The number of amides is 1. The number of anilines is 1. The molecule has 1 aliphatic carbocycles. The molecule has 1 fully saturated rings. The number of rotatable bonds is 3. The van der Waals surface area contributed by atoms with Gasteiger partial charge in [-0.1, -0.05) is 0 Å². The summed E-state index contributed by atoms with van der Waals surface area (Å²) in [4.78, 5) is 24.0. The molecule has 4 aromatic rings. The van der Waals surface area contributed by atoms with Crippen LogP contribution in [0.1, 0.15) is 40.8 Å². The van der Waals surface area contributed by atoms with Crippen LogP contribution in [0, 0.1) is 11.3 Å². The topological polar surface area (TPSA) is 113 Å². The van der Waals surface area contributed by atoms with Gasteiger partial charge in [-0.05, 0) is 48.9 Å². The van der Waals surface area contributed by atoms with Crippen molar-refractivity contribution in [3.05, 3.63) is 71.2 Å². The molecule has 3 aliphatic rings. The van der Waals surface area contributed by atoms with Crippen LogP contribution in [-0.4, -0.2) is 27.0 Å². The van der Waals surface area contributed by atoms with Crippen molar-refractivity contribution in [3.63, 3.8) is 0 Å². The number of nitrogens with one attached hydrogen (secondary N) is 2. The summed E-state index contributed by atoms with van der Waals surface area (Å²) in [6.45, 7) is 0. The average molecular weight is 435 g/mol. The first-order valence-electron chi connectivity index (χ1n) is 10.8. The summed E-state index contributed by atoms with van der Waals surface area (Å²) in [5.74, 6) is 4.08. The number of aromatic nitrogens is 3. The Bertz CT molecular complexity index is 1520. The lowest BCUT2D eigenvalue weighted by molar-refractivity contribution is -0.116. The van der Waals surface area contributed by atoms with Crippen molar-refractivity contribution < 1.29 is 14.3 Å². The lowest BCUT2D eigenvalue weighted by atomic mass is 10.1. The third kappa shape index (κ3) is 2.79. The quantitative estimate of drug-likeness (QED) is 0.500. The van der Waals surface area contributed by atoms with Gasteiger partial charge < -0.3 is 19.8 Å². The van der Waals surface area contributed by atoms with Crippen LogP contribution in [0.15, 0.2) is 48.7 Å². The largest absolute Gasteiger partial charge is 0.489 e. The molecule has 2 aromatic heterocycles. The zero-order valence-electron chi connectivity index (χ0n) is 17.3. The van der Waals surface area contributed by atoms with E-state index in [0.29, 0.717) is 30.0 Å². The van der Waals surface area contributed by atoms with Gasteiger partial charge in [-0.3, -0.25) is 4.79 Å². The van der Waals surface area contributed by atoms with Crippen LogP contribution in [0.3, 0.4) is 0 Å². The van der Waals surface area contributed by atoms with Crippen molar-refractivity contribution in [1.29, 1.82) is 5.26 Å². The van der Waals surface area contributed by atoms with Crippen molar-refractivity contribution in [3.8, 4) is 23.3 Å². The number of carbonyl (C=O) groups is 1. The first kappa shape index (κ1) is 18.2. The lowest BCUT2D eigenvalue weighted by Gasteiger charge is -2.19. The van der Waals surface area contributed by atoms with Crippen molar-refractivity contribution in [2.24, 2.45) is 0 Å². The van der Waals surface area contributed by atoms with Gasteiger partial charge in [-0.2, -0.15) is 5.26 Å². The molecule has 1 amide bonds. The molecule has 0 spiro atoms. The van der Waals surface area contributed by atoms with Gasteiger partial charge in [-0.25, -0.2) is 9.97 Å². The minimum atomic E-state index is -0.0259. The van der Waals surface area contributed by atoms with Gasteiger partial charge in [0.05, 0.1) is 28.6 Å². The van der Waals surface area contributed by atoms with E-state index in [1.807, 2.05) is 36.4 Å². The molecule has 2 aliphatic heterocycles. The molecule has 3 unspecified atom stereocenters. The van der Waals surface area contributed by atoms with Gasteiger partial charge in [0.2, 0.25) is 5.91 Å². The Kier molecular flexibility index (Phi) is 3.62. The summed E-state index contributed by atoms with van der Waals surface area (Å²) in [7, 11) is 0. The monoisotopic (exact) mass is 435 g/mol. The molecule has 0 radical (unpaired) electrons. The van der Waals surface area contributed by atoms with Crippen LogP contribution in [0.4, 0.5) is 5.82 Å². The molecule has 160 valence electrons. The van der Waals surface area contributed by atoms with E-state index in [-0.39, 0.29) is 23.8 Å².